The van der Waals surface area contributed by atoms with E-state index in [1.54, 1.807) is 11.3 Å². The fourth-order valence-electron chi connectivity index (χ4n) is 1.84. The monoisotopic (exact) mass is 261 g/mol. The maximum atomic E-state index is 5.87. The summed E-state index contributed by atoms with van der Waals surface area (Å²) in [6, 6.07) is 4.09. The second-order valence-electron chi connectivity index (χ2n) is 4.28. The molecule has 2 aromatic heterocycles. The van der Waals surface area contributed by atoms with Crippen molar-refractivity contribution in [3.8, 4) is 10.6 Å². The molecule has 0 spiro atoms. The smallest absolute Gasteiger partial charge is 0.222 e. The Hall–Kier alpha value is -1.35. The molecule has 2 aromatic rings. The number of aromatic nitrogens is 1. The number of oxazole rings is 1. The fourth-order valence-corrected chi connectivity index (χ4v) is 2.51. The van der Waals surface area contributed by atoms with E-state index >= 15 is 0 Å². The maximum absolute atomic E-state index is 5.87. The van der Waals surface area contributed by atoms with Crippen molar-refractivity contribution in [2.75, 3.05) is 0 Å². The highest BCUT2D eigenvalue weighted by atomic mass is 32.1. The summed E-state index contributed by atoms with van der Waals surface area (Å²) in [5.41, 5.74) is 1.24. The molecule has 0 unspecified atom stereocenters. The van der Waals surface area contributed by atoms with Crippen molar-refractivity contribution in [1.82, 2.24) is 4.98 Å². The molecule has 0 N–H and O–H groups in total. The van der Waals surface area contributed by atoms with Crippen molar-refractivity contribution >= 4 is 16.9 Å². The quantitative estimate of drug-likeness (QED) is 0.697. The van der Waals surface area contributed by atoms with Gasteiger partial charge in [0.2, 0.25) is 5.89 Å². The molecule has 0 saturated carbocycles. The van der Waals surface area contributed by atoms with Gasteiger partial charge in [0.1, 0.15) is 0 Å². The zero-order valence-corrected chi connectivity index (χ0v) is 11.8. The van der Waals surface area contributed by atoms with Crippen molar-refractivity contribution < 1.29 is 4.42 Å². The fraction of sp³-hybridized carbons (Fsp3) is 0.400. The molecule has 0 amide bonds. The average molecular weight is 261 g/mol. The van der Waals surface area contributed by atoms with E-state index in [1.165, 1.54) is 5.57 Å². The lowest BCUT2D eigenvalue weighted by Gasteiger charge is -2.00. The highest BCUT2D eigenvalue weighted by Gasteiger charge is 2.10. The van der Waals surface area contributed by atoms with Crippen LogP contribution in [0.25, 0.3) is 16.2 Å². The van der Waals surface area contributed by atoms with Gasteiger partial charge in [0, 0.05) is 5.57 Å². The third-order valence-corrected chi connectivity index (χ3v) is 3.63. The highest BCUT2D eigenvalue weighted by Crippen LogP contribution is 2.28. The van der Waals surface area contributed by atoms with Gasteiger partial charge in [-0.05, 0) is 24.3 Å². The average Bonchev–Trinajstić information content (AvgIpc) is 3.03. The molecule has 96 valence electrons. The van der Waals surface area contributed by atoms with Crippen molar-refractivity contribution in [1.29, 1.82) is 0 Å². The van der Waals surface area contributed by atoms with E-state index < -0.39 is 0 Å². The topological polar surface area (TPSA) is 26.0 Å². The van der Waals surface area contributed by atoms with Gasteiger partial charge in [-0.1, -0.05) is 38.8 Å². The molecule has 0 radical (unpaired) electrons. The van der Waals surface area contributed by atoms with E-state index in [0.29, 0.717) is 0 Å². The summed E-state index contributed by atoms with van der Waals surface area (Å²) in [6.07, 6.45) is 8.48. The number of allylic oxidation sites excluding steroid dienone is 2. The summed E-state index contributed by atoms with van der Waals surface area (Å²) < 4.78 is 5.87. The molecule has 2 nitrogen and oxygen atoms in total. The van der Waals surface area contributed by atoms with E-state index in [0.717, 1.165) is 42.2 Å². The Morgan fingerprint density at radius 1 is 1.39 bits per heavy atom. The normalized spacial score (nSPS) is 12.0. The number of hydrogen-bond donors (Lipinski definition) is 0. The van der Waals surface area contributed by atoms with Gasteiger partial charge in [-0.25, -0.2) is 4.98 Å². The Labute approximate surface area is 112 Å². The molecule has 18 heavy (non-hydrogen) atoms. The number of hydrogen-bond acceptors (Lipinski definition) is 3. The third-order valence-electron chi connectivity index (χ3n) is 2.74. The molecule has 0 aromatic carbocycles. The Balaban J connectivity index is 2.21. The zero-order chi connectivity index (χ0) is 12.8. The number of thiophene rings is 1. The van der Waals surface area contributed by atoms with Gasteiger partial charge in [-0.15, -0.1) is 11.3 Å². The molecule has 0 bridgehead atoms. The van der Waals surface area contributed by atoms with Gasteiger partial charge in [0.15, 0.2) is 5.76 Å². The van der Waals surface area contributed by atoms with Crippen molar-refractivity contribution in [2.24, 2.45) is 0 Å². The maximum Gasteiger partial charge on any atom is 0.222 e. The van der Waals surface area contributed by atoms with E-state index in [4.69, 9.17) is 4.42 Å². The summed E-state index contributed by atoms with van der Waals surface area (Å²) in [7, 11) is 0. The van der Waals surface area contributed by atoms with Crippen LogP contribution in [0.3, 0.4) is 0 Å². The van der Waals surface area contributed by atoms with Crippen LogP contribution in [0.2, 0.25) is 0 Å². The van der Waals surface area contributed by atoms with Crippen LogP contribution in [0.5, 0.6) is 0 Å². The minimum Gasteiger partial charge on any atom is -0.436 e. The first-order valence-corrected chi connectivity index (χ1v) is 7.42. The first kappa shape index (κ1) is 13.1. The van der Waals surface area contributed by atoms with E-state index in [-0.39, 0.29) is 0 Å². The Bertz CT molecular complexity index is 496. The first-order chi connectivity index (χ1) is 8.85. The van der Waals surface area contributed by atoms with Crippen LogP contribution in [-0.2, 0) is 0 Å². The lowest BCUT2D eigenvalue weighted by molar-refractivity contribution is 0.552. The van der Waals surface area contributed by atoms with Gasteiger partial charge in [-0.2, -0.15) is 0 Å². The number of rotatable bonds is 6. The molecular formula is C15H19NOS. The molecule has 0 atom stereocenters. The van der Waals surface area contributed by atoms with Crippen molar-refractivity contribution in [2.45, 2.75) is 39.5 Å². The zero-order valence-electron chi connectivity index (χ0n) is 11.0. The van der Waals surface area contributed by atoms with Crippen LogP contribution < -0.4 is 0 Å². The van der Waals surface area contributed by atoms with E-state index in [1.807, 2.05) is 12.3 Å². The standard InChI is InChI=1S/C15H19NOS/c1-3-5-8-12(7-4-2)15-16-11-13(17-15)14-9-6-10-18-14/h6,8-11H,3-5,7H2,1-2H3/b12-8+. The Morgan fingerprint density at radius 2 is 2.28 bits per heavy atom. The van der Waals surface area contributed by atoms with Crippen LogP contribution in [0.15, 0.2) is 34.2 Å². The Kier molecular flexibility index (Phi) is 4.76. The minimum atomic E-state index is 0.786. The van der Waals surface area contributed by atoms with Gasteiger partial charge in [0.05, 0.1) is 11.1 Å². The van der Waals surface area contributed by atoms with Gasteiger partial charge >= 0.3 is 0 Å². The largest absolute Gasteiger partial charge is 0.436 e. The lowest BCUT2D eigenvalue weighted by Crippen LogP contribution is -1.84. The summed E-state index contributed by atoms with van der Waals surface area (Å²) in [5.74, 6) is 1.66. The molecule has 0 aliphatic carbocycles. The van der Waals surface area contributed by atoms with E-state index in [2.05, 4.69) is 36.4 Å². The predicted octanol–water partition coefficient (Wildman–Crippen LogP) is 5.39. The predicted molar refractivity (Wildman–Crippen MR) is 77.6 cm³/mol. The summed E-state index contributed by atoms with van der Waals surface area (Å²) in [6.45, 7) is 4.37. The highest BCUT2D eigenvalue weighted by molar-refractivity contribution is 7.13. The second kappa shape index (κ2) is 6.55. The van der Waals surface area contributed by atoms with Crippen molar-refractivity contribution in [3.05, 3.63) is 35.7 Å². The minimum absolute atomic E-state index is 0.786. The van der Waals surface area contributed by atoms with Crippen LogP contribution in [0, 0.1) is 0 Å². The molecule has 3 heteroatoms. The summed E-state index contributed by atoms with van der Waals surface area (Å²) in [5, 5.41) is 2.05. The van der Waals surface area contributed by atoms with Crippen LogP contribution in [0.4, 0.5) is 0 Å². The van der Waals surface area contributed by atoms with Crippen LogP contribution in [-0.4, -0.2) is 4.98 Å². The van der Waals surface area contributed by atoms with Gasteiger partial charge < -0.3 is 4.42 Å². The lowest BCUT2D eigenvalue weighted by atomic mass is 10.1. The van der Waals surface area contributed by atoms with Crippen LogP contribution in [0.1, 0.15) is 45.4 Å². The third kappa shape index (κ3) is 3.10. The molecule has 0 fully saturated rings. The van der Waals surface area contributed by atoms with E-state index in [9.17, 15) is 0 Å². The molecule has 0 aliphatic rings. The molecule has 2 heterocycles. The molecular weight excluding hydrogens is 242 g/mol. The van der Waals surface area contributed by atoms with Gasteiger partial charge in [0.25, 0.3) is 0 Å². The van der Waals surface area contributed by atoms with Crippen LogP contribution >= 0.6 is 11.3 Å². The summed E-state index contributed by atoms with van der Waals surface area (Å²) >= 11 is 1.68. The summed E-state index contributed by atoms with van der Waals surface area (Å²) in [4.78, 5) is 5.55. The van der Waals surface area contributed by atoms with Crippen molar-refractivity contribution in [3.63, 3.8) is 0 Å². The first-order valence-electron chi connectivity index (χ1n) is 6.54. The van der Waals surface area contributed by atoms with Gasteiger partial charge in [-0.3, -0.25) is 0 Å². The second-order valence-corrected chi connectivity index (χ2v) is 5.22. The molecule has 0 saturated heterocycles. The molecule has 2 rings (SSSR count). The SMILES string of the molecule is CCC/C=C(\CCC)c1ncc(-c2cccs2)o1. The number of unbranched alkanes of at least 4 members (excludes halogenated alkanes) is 1. The molecule has 0 aliphatic heterocycles. The number of nitrogens with zero attached hydrogens (tertiary/aromatic N) is 1. The Morgan fingerprint density at radius 3 is 2.94 bits per heavy atom.